The SMILES string of the molecule is CCCc1ccc(C)nc1.Cc1nc2ccccc2s1. The third-order valence-corrected chi connectivity index (χ3v) is 3.86. The smallest absolute Gasteiger partial charge is 0.0907 e. The normalized spacial score (nSPS) is 10.2. The summed E-state index contributed by atoms with van der Waals surface area (Å²) in [5.74, 6) is 0. The minimum atomic E-state index is 1.10. The molecule has 0 unspecified atom stereocenters. The zero-order valence-corrected chi connectivity index (χ0v) is 13.1. The first kappa shape index (κ1) is 14.7. The molecule has 0 aliphatic heterocycles. The van der Waals surface area contributed by atoms with Gasteiger partial charge in [0.1, 0.15) is 0 Å². The fraction of sp³-hybridized carbons (Fsp3) is 0.294. The molecular weight excluding hydrogens is 264 g/mol. The molecule has 0 bridgehead atoms. The lowest BCUT2D eigenvalue weighted by molar-refractivity contribution is 0.910. The Morgan fingerprint density at radius 1 is 1.05 bits per heavy atom. The minimum absolute atomic E-state index is 1.10. The van der Waals surface area contributed by atoms with Crippen LogP contribution in [-0.2, 0) is 6.42 Å². The summed E-state index contributed by atoms with van der Waals surface area (Å²) in [7, 11) is 0. The van der Waals surface area contributed by atoms with Gasteiger partial charge in [0, 0.05) is 11.9 Å². The average molecular weight is 284 g/mol. The second-order valence-electron chi connectivity index (χ2n) is 4.76. The summed E-state index contributed by atoms with van der Waals surface area (Å²) in [6.07, 6.45) is 4.30. The van der Waals surface area contributed by atoms with Gasteiger partial charge in [-0.3, -0.25) is 4.98 Å². The van der Waals surface area contributed by atoms with Gasteiger partial charge in [0.2, 0.25) is 0 Å². The topological polar surface area (TPSA) is 25.8 Å². The molecule has 0 saturated heterocycles. The molecule has 0 atom stereocenters. The number of rotatable bonds is 2. The van der Waals surface area contributed by atoms with E-state index >= 15 is 0 Å². The van der Waals surface area contributed by atoms with Crippen molar-refractivity contribution in [2.45, 2.75) is 33.6 Å². The van der Waals surface area contributed by atoms with E-state index in [1.807, 2.05) is 38.2 Å². The van der Waals surface area contributed by atoms with Crippen molar-refractivity contribution in [1.82, 2.24) is 9.97 Å². The van der Waals surface area contributed by atoms with Crippen molar-refractivity contribution in [2.24, 2.45) is 0 Å². The summed E-state index contributed by atoms with van der Waals surface area (Å²) in [5.41, 5.74) is 3.55. The van der Waals surface area contributed by atoms with E-state index in [4.69, 9.17) is 0 Å². The van der Waals surface area contributed by atoms with E-state index < -0.39 is 0 Å². The summed E-state index contributed by atoms with van der Waals surface area (Å²) in [6.45, 7) is 6.22. The van der Waals surface area contributed by atoms with E-state index in [1.165, 1.54) is 16.7 Å². The van der Waals surface area contributed by atoms with Crippen molar-refractivity contribution >= 4 is 21.6 Å². The first-order chi connectivity index (χ1) is 9.69. The molecule has 0 N–H and O–H groups in total. The van der Waals surface area contributed by atoms with Crippen LogP contribution < -0.4 is 0 Å². The van der Waals surface area contributed by atoms with E-state index in [2.05, 4.69) is 35.1 Å². The van der Waals surface area contributed by atoms with Crippen LogP contribution >= 0.6 is 11.3 Å². The fourth-order valence-electron chi connectivity index (χ4n) is 1.92. The van der Waals surface area contributed by atoms with Crippen LogP contribution in [0.2, 0.25) is 0 Å². The van der Waals surface area contributed by atoms with Crippen molar-refractivity contribution in [1.29, 1.82) is 0 Å². The van der Waals surface area contributed by atoms with Gasteiger partial charge in [0.25, 0.3) is 0 Å². The third kappa shape index (κ3) is 4.14. The Labute approximate surface area is 124 Å². The maximum absolute atomic E-state index is 4.33. The molecule has 104 valence electrons. The monoisotopic (exact) mass is 284 g/mol. The molecule has 3 heteroatoms. The standard InChI is InChI=1S/C9H13N.C8H7NS/c1-3-4-9-6-5-8(2)10-7-9;1-6-9-7-4-2-3-5-8(7)10-6/h5-7H,3-4H2,1-2H3;2-5H,1H3. The van der Waals surface area contributed by atoms with Crippen LogP contribution in [0.25, 0.3) is 10.2 Å². The van der Waals surface area contributed by atoms with Gasteiger partial charge < -0.3 is 0 Å². The lowest BCUT2D eigenvalue weighted by atomic mass is 10.2. The predicted octanol–water partition coefficient (Wildman–Crippen LogP) is 4.95. The molecule has 0 saturated carbocycles. The van der Waals surface area contributed by atoms with Gasteiger partial charge >= 0.3 is 0 Å². The molecule has 1 aromatic carbocycles. The molecule has 20 heavy (non-hydrogen) atoms. The Morgan fingerprint density at radius 2 is 1.85 bits per heavy atom. The van der Waals surface area contributed by atoms with Crippen LogP contribution in [-0.4, -0.2) is 9.97 Å². The van der Waals surface area contributed by atoms with Crippen LogP contribution in [0.15, 0.2) is 42.6 Å². The van der Waals surface area contributed by atoms with Crippen molar-refractivity contribution in [3.63, 3.8) is 0 Å². The molecule has 0 spiro atoms. The van der Waals surface area contributed by atoms with E-state index in [9.17, 15) is 0 Å². The largest absolute Gasteiger partial charge is 0.261 e. The number of para-hydroxylation sites is 1. The highest BCUT2D eigenvalue weighted by molar-refractivity contribution is 7.18. The highest BCUT2D eigenvalue weighted by Gasteiger charge is 1.95. The molecule has 2 heterocycles. The number of nitrogens with zero attached hydrogens (tertiary/aromatic N) is 2. The van der Waals surface area contributed by atoms with Gasteiger partial charge in [-0.2, -0.15) is 0 Å². The number of hydrogen-bond acceptors (Lipinski definition) is 3. The Balaban J connectivity index is 0.000000147. The van der Waals surface area contributed by atoms with Gasteiger partial charge in [-0.1, -0.05) is 31.5 Å². The van der Waals surface area contributed by atoms with E-state index in [-0.39, 0.29) is 0 Å². The fourth-order valence-corrected chi connectivity index (χ4v) is 2.75. The van der Waals surface area contributed by atoms with Crippen LogP contribution in [0.5, 0.6) is 0 Å². The first-order valence-electron chi connectivity index (χ1n) is 6.92. The van der Waals surface area contributed by atoms with Gasteiger partial charge in [0.05, 0.1) is 15.2 Å². The number of fused-ring (bicyclic) bond motifs is 1. The zero-order chi connectivity index (χ0) is 14.4. The number of pyridine rings is 1. The lowest BCUT2D eigenvalue weighted by Gasteiger charge is -1.96. The molecule has 2 nitrogen and oxygen atoms in total. The van der Waals surface area contributed by atoms with E-state index in [0.29, 0.717) is 0 Å². The molecular formula is C17H20N2S. The van der Waals surface area contributed by atoms with Crippen molar-refractivity contribution in [3.05, 3.63) is 58.9 Å². The summed E-state index contributed by atoms with van der Waals surface area (Å²) in [5, 5.41) is 1.14. The van der Waals surface area contributed by atoms with Gasteiger partial charge in [-0.05, 0) is 44.0 Å². The molecule has 0 amide bonds. The Morgan fingerprint density at radius 3 is 2.50 bits per heavy atom. The molecule has 0 radical (unpaired) electrons. The molecule has 0 fully saturated rings. The summed E-state index contributed by atoms with van der Waals surface area (Å²) in [4.78, 5) is 8.53. The quantitative estimate of drug-likeness (QED) is 0.665. The van der Waals surface area contributed by atoms with E-state index in [0.717, 1.165) is 22.6 Å². The van der Waals surface area contributed by atoms with E-state index in [1.54, 1.807) is 11.3 Å². The van der Waals surface area contributed by atoms with Crippen LogP contribution in [0, 0.1) is 13.8 Å². The van der Waals surface area contributed by atoms with Crippen molar-refractivity contribution in [2.75, 3.05) is 0 Å². The first-order valence-corrected chi connectivity index (χ1v) is 7.74. The van der Waals surface area contributed by atoms with Gasteiger partial charge in [0.15, 0.2) is 0 Å². The van der Waals surface area contributed by atoms with Crippen LogP contribution in [0.1, 0.15) is 29.6 Å². The van der Waals surface area contributed by atoms with Crippen LogP contribution in [0.3, 0.4) is 0 Å². The third-order valence-electron chi connectivity index (χ3n) is 2.91. The van der Waals surface area contributed by atoms with Crippen LogP contribution in [0.4, 0.5) is 0 Å². The van der Waals surface area contributed by atoms with Crippen molar-refractivity contribution < 1.29 is 0 Å². The summed E-state index contributed by atoms with van der Waals surface area (Å²) >= 11 is 1.74. The molecule has 0 aliphatic rings. The highest BCUT2D eigenvalue weighted by atomic mass is 32.1. The van der Waals surface area contributed by atoms with Gasteiger partial charge in [-0.15, -0.1) is 11.3 Å². The maximum Gasteiger partial charge on any atom is 0.0907 e. The number of benzene rings is 1. The molecule has 3 rings (SSSR count). The minimum Gasteiger partial charge on any atom is -0.261 e. The number of aromatic nitrogens is 2. The summed E-state index contributed by atoms with van der Waals surface area (Å²) in [6, 6.07) is 12.4. The second-order valence-corrected chi connectivity index (χ2v) is 5.99. The second kappa shape index (κ2) is 7.15. The Bertz CT molecular complexity index is 623. The number of hydrogen-bond donors (Lipinski definition) is 0. The maximum atomic E-state index is 4.33. The van der Waals surface area contributed by atoms with Gasteiger partial charge in [-0.25, -0.2) is 4.98 Å². The van der Waals surface area contributed by atoms with Crippen molar-refractivity contribution in [3.8, 4) is 0 Å². The summed E-state index contributed by atoms with van der Waals surface area (Å²) < 4.78 is 1.28. The highest BCUT2D eigenvalue weighted by Crippen LogP contribution is 2.19. The Hall–Kier alpha value is -1.74. The lowest BCUT2D eigenvalue weighted by Crippen LogP contribution is -1.85. The predicted molar refractivity (Wildman–Crippen MR) is 87.3 cm³/mol. The zero-order valence-electron chi connectivity index (χ0n) is 12.3. The molecule has 0 aliphatic carbocycles. The Kier molecular flexibility index (Phi) is 5.24. The molecule has 3 aromatic rings. The average Bonchev–Trinajstić information content (AvgIpc) is 2.82. The number of thiazole rings is 1. The molecule has 2 aromatic heterocycles. The number of aryl methyl sites for hydroxylation is 3.